The Morgan fingerprint density at radius 1 is 1.17 bits per heavy atom. The van der Waals surface area contributed by atoms with E-state index in [2.05, 4.69) is 10.3 Å². The Morgan fingerprint density at radius 3 is 2.61 bits per heavy atom. The molecule has 0 bridgehead atoms. The van der Waals surface area contributed by atoms with Gasteiger partial charge < -0.3 is 10.3 Å². The summed E-state index contributed by atoms with van der Waals surface area (Å²) in [6.07, 6.45) is 4.69. The summed E-state index contributed by atoms with van der Waals surface area (Å²) in [6, 6.07) is 8.19. The Morgan fingerprint density at radius 2 is 1.94 bits per heavy atom. The van der Waals surface area contributed by atoms with Gasteiger partial charge in [0.1, 0.15) is 5.82 Å². The van der Waals surface area contributed by atoms with E-state index < -0.39 is 0 Å². The molecule has 0 saturated heterocycles. The molecule has 4 heteroatoms. The topological polar surface area (TPSA) is 44.9 Å². The second-order valence-corrected chi connectivity index (χ2v) is 4.12. The molecule has 0 atom stereocenters. The number of nitrogens with one attached hydrogen (secondary N) is 2. The zero-order valence-corrected chi connectivity index (χ0v) is 9.95. The molecule has 0 saturated carbocycles. The number of aromatic amines is 1. The number of carbonyl (C=O) groups excluding carboxylic acids is 1. The van der Waals surface area contributed by atoms with Crippen molar-refractivity contribution in [1.82, 2.24) is 10.3 Å². The highest BCUT2D eigenvalue weighted by Crippen LogP contribution is 2.03. The zero-order valence-electron chi connectivity index (χ0n) is 9.95. The predicted molar refractivity (Wildman–Crippen MR) is 67.6 cm³/mol. The third-order valence-electron chi connectivity index (χ3n) is 2.68. The molecule has 18 heavy (non-hydrogen) atoms. The van der Waals surface area contributed by atoms with Crippen LogP contribution in [0.4, 0.5) is 4.39 Å². The fourth-order valence-corrected chi connectivity index (χ4v) is 1.71. The van der Waals surface area contributed by atoms with Crippen molar-refractivity contribution >= 4 is 5.91 Å². The van der Waals surface area contributed by atoms with E-state index in [1.165, 1.54) is 12.1 Å². The average molecular weight is 246 g/mol. The molecule has 0 unspecified atom stereocenters. The highest BCUT2D eigenvalue weighted by molar-refractivity contribution is 5.78. The lowest BCUT2D eigenvalue weighted by molar-refractivity contribution is -0.120. The molecule has 0 aliphatic heterocycles. The van der Waals surface area contributed by atoms with Crippen LogP contribution in [0.25, 0.3) is 0 Å². The molecule has 1 heterocycles. The molecule has 0 radical (unpaired) electrons. The van der Waals surface area contributed by atoms with Crippen molar-refractivity contribution in [2.24, 2.45) is 0 Å². The maximum Gasteiger partial charge on any atom is 0.224 e. The first-order chi connectivity index (χ1) is 8.74. The molecule has 0 spiro atoms. The van der Waals surface area contributed by atoms with Crippen molar-refractivity contribution in [2.75, 3.05) is 6.54 Å². The molecule has 2 aromatic rings. The second-order valence-electron chi connectivity index (χ2n) is 4.12. The van der Waals surface area contributed by atoms with E-state index in [0.717, 1.165) is 11.1 Å². The quantitative estimate of drug-likeness (QED) is 0.833. The highest BCUT2D eigenvalue weighted by atomic mass is 19.1. The number of carbonyl (C=O) groups is 1. The first-order valence-electron chi connectivity index (χ1n) is 5.87. The summed E-state index contributed by atoms with van der Waals surface area (Å²) in [5.74, 6) is -0.244. The normalized spacial score (nSPS) is 10.3. The Labute approximate surface area is 105 Å². The summed E-state index contributed by atoms with van der Waals surface area (Å²) in [6.45, 7) is 0.564. The van der Waals surface area contributed by atoms with Gasteiger partial charge in [0.2, 0.25) is 5.91 Å². The lowest BCUT2D eigenvalue weighted by Crippen LogP contribution is -2.27. The average Bonchev–Trinajstić information content (AvgIpc) is 2.84. The number of hydrogen-bond acceptors (Lipinski definition) is 1. The number of rotatable bonds is 5. The van der Waals surface area contributed by atoms with Gasteiger partial charge in [0.05, 0.1) is 6.42 Å². The van der Waals surface area contributed by atoms with Gasteiger partial charge in [-0.15, -0.1) is 0 Å². The number of benzene rings is 1. The van der Waals surface area contributed by atoms with E-state index in [-0.39, 0.29) is 11.7 Å². The van der Waals surface area contributed by atoms with E-state index in [9.17, 15) is 9.18 Å². The summed E-state index contributed by atoms with van der Waals surface area (Å²) < 4.78 is 12.7. The molecule has 1 aromatic heterocycles. The van der Waals surface area contributed by atoms with E-state index in [0.29, 0.717) is 19.4 Å². The molecule has 0 aliphatic rings. The van der Waals surface area contributed by atoms with Gasteiger partial charge in [-0.25, -0.2) is 4.39 Å². The molecule has 94 valence electrons. The Balaban J connectivity index is 1.72. The van der Waals surface area contributed by atoms with Crippen molar-refractivity contribution < 1.29 is 9.18 Å². The monoisotopic (exact) mass is 246 g/mol. The molecule has 3 nitrogen and oxygen atoms in total. The minimum atomic E-state index is -0.241. The minimum absolute atomic E-state index is 0.00304. The van der Waals surface area contributed by atoms with Crippen LogP contribution in [0.2, 0.25) is 0 Å². The molecule has 1 amide bonds. The molecule has 1 aromatic carbocycles. The Hall–Kier alpha value is -2.10. The van der Waals surface area contributed by atoms with E-state index in [1.807, 2.05) is 6.07 Å². The van der Waals surface area contributed by atoms with Crippen LogP contribution in [-0.2, 0) is 17.6 Å². The van der Waals surface area contributed by atoms with Crippen LogP contribution in [0.5, 0.6) is 0 Å². The molecule has 2 N–H and O–H groups in total. The zero-order chi connectivity index (χ0) is 12.8. The van der Waals surface area contributed by atoms with Crippen LogP contribution in [0.1, 0.15) is 11.1 Å². The summed E-state index contributed by atoms with van der Waals surface area (Å²) >= 11 is 0. The van der Waals surface area contributed by atoms with Crippen molar-refractivity contribution in [2.45, 2.75) is 12.8 Å². The summed E-state index contributed by atoms with van der Waals surface area (Å²) in [5.41, 5.74) is 1.98. The fourth-order valence-electron chi connectivity index (χ4n) is 1.71. The SMILES string of the molecule is O=C(Cc1cc[nH]c1)NCCc1ccc(F)cc1. The first-order valence-corrected chi connectivity index (χ1v) is 5.87. The summed E-state index contributed by atoms with van der Waals surface area (Å²) in [7, 11) is 0. The van der Waals surface area contributed by atoms with Crippen LogP contribution >= 0.6 is 0 Å². The van der Waals surface area contributed by atoms with Gasteiger partial charge in [-0.3, -0.25) is 4.79 Å². The first kappa shape index (κ1) is 12.4. The number of halogens is 1. The van der Waals surface area contributed by atoms with Crippen LogP contribution in [-0.4, -0.2) is 17.4 Å². The number of H-pyrrole nitrogens is 1. The van der Waals surface area contributed by atoms with E-state index in [4.69, 9.17) is 0 Å². The number of aromatic nitrogens is 1. The van der Waals surface area contributed by atoms with Crippen molar-refractivity contribution in [3.05, 3.63) is 59.7 Å². The molecular formula is C14H15FN2O. The van der Waals surface area contributed by atoms with E-state index >= 15 is 0 Å². The third kappa shape index (κ3) is 3.73. The van der Waals surface area contributed by atoms with Gasteiger partial charge >= 0.3 is 0 Å². The van der Waals surface area contributed by atoms with Gasteiger partial charge in [-0.2, -0.15) is 0 Å². The lowest BCUT2D eigenvalue weighted by atomic mass is 10.1. The maximum atomic E-state index is 12.7. The third-order valence-corrected chi connectivity index (χ3v) is 2.68. The van der Waals surface area contributed by atoms with Crippen LogP contribution < -0.4 is 5.32 Å². The lowest BCUT2D eigenvalue weighted by Gasteiger charge is -2.04. The van der Waals surface area contributed by atoms with Crippen LogP contribution in [0, 0.1) is 5.82 Å². The Kier molecular flexibility index (Phi) is 4.12. The van der Waals surface area contributed by atoms with Crippen LogP contribution in [0.3, 0.4) is 0 Å². The highest BCUT2D eigenvalue weighted by Gasteiger charge is 2.03. The molecule has 0 aliphatic carbocycles. The number of amides is 1. The second kappa shape index (κ2) is 6.00. The van der Waals surface area contributed by atoms with E-state index in [1.54, 1.807) is 24.5 Å². The summed E-state index contributed by atoms with van der Waals surface area (Å²) in [5, 5.41) is 2.84. The largest absolute Gasteiger partial charge is 0.367 e. The smallest absolute Gasteiger partial charge is 0.224 e. The van der Waals surface area contributed by atoms with Gasteiger partial charge in [-0.1, -0.05) is 12.1 Å². The van der Waals surface area contributed by atoms with Crippen molar-refractivity contribution in [3.63, 3.8) is 0 Å². The molecule has 0 fully saturated rings. The van der Waals surface area contributed by atoms with Crippen LogP contribution in [0.15, 0.2) is 42.7 Å². The fraction of sp³-hybridized carbons (Fsp3) is 0.214. The van der Waals surface area contributed by atoms with Gasteiger partial charge in [0.15, 0.2) is 0 Å². The standard InChI is InChI=1S/C14H15FN2O/c15-13-3-1-11(2-4-13)6-8-17-14(18)9-12-5-7-16-10-12/h1-5,7,10,16H,6,8-9H2,(H,17,18). The maximum absolute atomic E-state index is 12.7. The molecular weight excluding hydrogens is 231 g/mol. The minimum Gasteiger partial charge on any atom is -0.367 e. The molecule has 2 rings (SSSR count). The Bertz CT molecular complexity index is 491. The van der Waals surface area contributed by atoms with Gasteiger partial charge in [0.25, 0.3) is 0 Å². The number of hydrogen-bond donors (Lipinski definition) is 2. The van der Waals surface area contributed by atoms with Crippen molar-refractivity contribution in [1.29, 1.82) is 0 Å². The summed E-state index contributed by atoms with van der Waals surface area (Å²) in [4.78, 5) is 14.5. The van der Waals surface area contributed by atoms with Gasteiger partial charge in [0, 0.05) is 18.9 Å². The van der Waals surface area contributed by atoms with Gasteiger partial charge in [-0.05, 0) is 35.7 Å². The van der Waals surface area contributed by atoms with Crippen molar-refractivity contribution in [3.8, 4) is 0 Å². The predicted octanol–water partition coefficient (Wildman–Crippen LogP) is 2.06.